The molecule has 1 amide bonds. The molecule has 4 nitrogen and oxygen atoms in total. The molecule has 0 unspecified atom stereocenters. The topological polar surface area (TPSA) is 55.1 Å². The van der Waals surface area contributed by atoms with E-state index in [9.17, 15) is 4.79 Å². The molecular weight excluding hydrogens is 352 g/mol. The molecule has 0 saturated heterocycles. The maximum Gasteiger partial charge on any atom is 0.261 e. The molecule has 21 heavy (non-hydrogen) atoms. The number of hydrogen-bond acceptors (Lipinski definition) is 4. The molecule has 0 fully saturated rings. The van der Waals surface area contributed by atoms with Gasteiger partial charge in [0.2, 0.25) is 0 Å². The summed E-state index contributed by atoms with van der Waals surface area (Å²) in [5.41, 5.74) is 1.66. The summed E-state index contributed by atoms with van der Waals surface area (Å²) in [6.45, 7) is 0.401. The monoisotopic (exact) mass is 362 g/mol. The summed E-state index contributed by atoms with van der Waals surface area (Å²) in [6, 6.07) is 9.24. The van der Waals surface area contributed by atoms with Crippen LogP contribution in [0.5, 0.6) is 0 Å². The number of furan rings is 1. The van der Waals surface area contributed by atoms with Crippen molar-refractivity contribution in [3.63, 3.8) is 0 Å². The second kappa shape index (κ2) is 6.24. The number of carbonyl (C=O) groups is 1. The number of nitrogens with one attached hydrogen (secondary N) is 1. The minimum Gasteiger partial charge on any atom is -0.463 e. The van der Waals surface area contributed by atoms with E-state index >= 15 is 0 Å². The minimum atomic E-state index is -0.0973. The van der Waals surface area contributed by atoms with Crippen molar-refractivity contribution in [1.29, 1.82) is 0 Å². The molecule has 1 N–H and O–H groups in total. The molecular formula is C15H11BrN2O2S. The van der Waals surface area contributed by atoms with Crippen molar-refractivity contribution >= 4 is 33.2 Å². The molecule has 0 aromatic carbocycles. The molecule has 0 radical (unpaired) electrons. The Morgan fingerprint density at radius 1 is 1.38 bits per heavy atom. The highest BCUT2D eigenvalue weighted by atomic mass is 79.9. The normalized spacial score (nSPS) is 10.5. The summed E-state index contributed by atoms with van der Waals surface area (Å²) < 4.78 is 6.29. The van der Waals surface area contributed by atoms with Gasteiger partial charge >= 0.3 is 0 Å². The van der Waals surface area contributed by atoms with Gasteiger partial charge in [-0.15, -0.1) is 11.3 Å². The first-order chi connectivity index (χ1) is 10.2. The molecule has 0 aliphatic carbocycles. The van der Waals surface area contributed by atoms with Crippen LogP contribution in [0.25, 0.3) is 11.5 Å². The molecule has 3 rings (SSSR count). The highest BCUT2D eigenvalue weighted by Gasteiger charge is 2.12. The molecule has 0 atom stereocenters. The first-order valence-corrected chi connectivity index (χ1v) is 7.91. The van der Waals surface area contributed by atoms with E-state index in [4.69, 9.17) is 4.42 Å². The number of nitrogens with zero attached hydrogens (tertiary/aromatic N) is 1. The van der Waals surface area contributed by atoms with E-state index < -0.39 is 0 Å². The Kier molecular flexibility index (Phi) is 4.17. The van der Waals surface area contributed by atoms with Gasteiger partial charge in [-0.05, 0) is 40.2 Å². The molecule has 3 aromatic rings. The smallest absolute Gasteiger partial charge is 0.261 e. The van der Waals surface area contributed by atoms with E-state index in [1.54, 1.807) is 18.5 Å². The Bertz CT molecular complexity index is 753. The Balaban J connectivity index is 1.75. The number of aromatic nitrogens is 1. The predicted octanol–water partition coefficient (Wildman–Crippen LogP) is 4.10. The van der Waals surface area contributed by atoms with E-state index in [0.29, 0.717) is 17.2 Å². The maximum atomic E-state index is 12.1. The van der Waals surface area contributed by atoms with Gasteiger partial charge in [0, 0.05) is 28.2 Å². The van der Waals surface area contributed by atoms with Gasteiger partial charge in [0.05, 0.1) is 11.1 Å². The van der Waals surface area contributed by atoms with Crippen molar-refractivity contribution in [2.45, 2.75) is 6.54 Å². The van der Waals surface area contributed by atoms with Gasteiger partial charge in [-0.1, -0.05) is 6.07 Å². The Hall–Kier alpha value is -1.92. The standard InChI is InChI=1S/C15H11BrN2O2S/c16-11-7-13(21-9-11)15(19)18-8-10-3-1-5-17-14(10)12-4-2-6-20-12/h1-7,9H,8H2,(H,18,19). The van der Waals surface area contributed by atoms with Gasteiger partial charge in [-0.3, -0.25) is 9.78 Å². The quantitative estimate of drug-likeness (QED) is 0.760. The molecule has 0 saturated carbocycles. The van der Waals surface area contributed by atoms with Crippen LogP contribution in [0, 0.1) is 0 Å². The number of hydrogen-bond donors (Lipinski definition) is 1. The second-order valence-corrected chi connectivity index (χ2v) is 6.13. The van der Waals surface area contributed by atoms with Crippen molar-refractivity contribution in [2.75, 3.05) is 0 Å². The van der Waals surface area contributed by atoms with Crippen molar-refractivity contribution in [1.82, 2.24) is 10.3 Å². The van der Waals surface area contributed by atoms with Crippen LogP contribution in [-0.2, 0) is 6.54 Å². The van der Waals surface area contributed by atoms with Crippen molar-refractivity contribution in [2.24, 2.45) is 0 Å². The highest BCUT2D eigenvalue weighted by molar-refractivity contribution is 9.10. The number of carbonyl (C=O) groups excluding carboxylic acids is 1. The molecule has 3 aromatic heterocycles. The summed E-state index contributed by atoms with van der Waals surface area (Å²) in [4.78, 5) is 17.1. The van der Waals surface area contributed by atoms with Crippen molar-refractivity contribution < 1.29 is 9.21 Å². The molecule has 0 aliphatic heterocycles. The van der Waals surface area contributed by atoms with E-state index in [1.165, 1.54) is 11.3 Å². The zero-order valence-corrected chi connectivity index (χ0v) is 13.3. The molecule has 3 heterocycles. The van der Waals surface area contributed by atoms with Gasteiger partial charge in [0.15, 0.2) is 5.76 Å². The van der Waals surface area contributed by atoms with Crippen LogP contribution in [0.1, 0.15) is 15.2 Å². The number of pyridine rings is 1. The zero-order chi connectivity index (χ0) is 14.7. The second-order valence-electron chi connectivity index (χ2n) is 4.30. The van der Waals surface area contributed by atoms with E-state index in [0.717, 1.165) is 15.7 Å². The third-order valence-corrected chi connectivity index (χ3v) is 4.57. The number of amides is 1. The molecule has 6 heteroatoms. The lowest BCUT2D eigenvalue weighted by Crippen LogP contribution is -2.22. The lowest BCUT2D eigenvalue weighted by Gasteiger charge is -2.07. The van der Waals surface area contributed by atoms with Crippen molar-refractivity contribution in [3.8, 4) is 11.5 Å². The SMILES string of the molecule is O=C(NCc1cccnc1-c1ccco1)c1cc(Br)cs1. The molecule has 0 spiro atoms. The average Bonchev–Trinajstić information content (AvgIpc) is 3.16. The van der Waals surface area contributed by atoms with Crippen LogP contribution in [0.2, 0.25) is 0 Å². The number of rotatable bonds is 4. The lowest BCUT2D eigenvalue weighted by molar-refractivity contribution is 0.0955. The van der Waals surface area contributed by atoms with Gasteiger partial charge in [0.25, 0.3) is 5.91 Å². The average molecular weight is 363 g/mol. The first-order valence-electron chi connectivity index (χ1n) is 6.24. The number of halogens is 1. The van der Waals surface area contributed by atoms with E-state index in [2.05, 4.69) is 26.2 Å². The third-order valence-electron chi connectivity index (χ3n) is 2.88. The fourth-order valence-electron chi connectivity index (χ4n) is 1.91. The van der Waals surface area contributed by atoms with Crippen molar-refractivity contribution in [3.05, 3.63) is 63.1 Å². The van der Waals surface area contributed by atoms with Crippen LogP contribution >= 0.6 is 27.3 Å². The number of thiophene rings is 1. The Morgan fingerprint density at radius 3 is 3.00 bits per heavy atom. The van der Waals surface area contributed by atoms with Crippen LogP contribution in [-0.4, -0.2) is 10.9 Å². The van der Waals surface area contributed by atoms with Gasteiger partial charge in [0.1, 0.15) is 5.69 Å². The fourth-order valence-corrected chi connectivity index (χ4v) is 3.25. The predicted molar refractivity (Wildman–Crippen MR) is 85.1 cm³/mol. The Morgan fingerprint density at radius 2 is 2.29 bits per heavy atom. The van der Waals surface area contributed by atoms with Gasteiger partial charge in [-0.25, -0.2) is 0 Å². The lowest BCUT2D eigenvalue weighted by atomic mass is 10.1. The van der Waals surface area contributed by atoms with Gasteiger partial charge < -0.3 is 9.73 Å². The third kappa shape index (κ3) is 3.22. The molecule has 0 aliphatic rings. The largest absolute Gasteiger partial charge is 0.463 e. The summed E-state index contributed by atoms with van der Waals surface area (Å²) in [6.07, 6.45) is 3.31. The van der Waals surface area contributed by atoms with Crippen LogP contribution < -0.4 is 5.32 Å². The van der Waals surface area contributed by atoms with Crippen LogP contribution in [0.3, 0.4) is 0 Å². The molecule has 106 valence electrons. The van der Waals surface area contributed by atoms with Crippen LogP contribution in [0.4, 0.5) is 0 Å². The fraction of sp³-hybridized carbons (Fsp3) is 0.0667. The molecule has 0 bridgehead atoms. The zero-order valence-electron chi connectivity index (χ0n) is 10.9. The van der Waals surface area contributed by atoms with Crippen LogP contribution in [0.15, 0.2) is 57.1 Å². The summed E-state index contributed by atoms with van der Waals surface area (Å²) in [7, 11) is 0. The van der Waals surface area contributed by atoms with E-state index in [1.807, 2.05) is 29.6 Å². The minimum absolute atomic E-state index is 0.0973. The first kappa shape index (κ1) is 14.0. The van der Waals surface area contributed by atoms with E-state index in [-0.39, 0.29) is 5.91 Å². The summed E-state index contributed by atoms with van der Waals surface area (Å²) in [5.74, 6) is 0.596. The highest BCUT2D eigenvalue weighted by Crippen LogP contribution is 2.22. The van der Waals surface area contributed by atoms with Gasteiger partial charge in [-0.2, -0.15) is 0 Å². The summed E-state index contributed by atoms with van der Waals surface area (Å²) >= 11 is 4.74. The Labute approximate surface area is 134 Å². The summed E-state index contributed by atoms with van der Waals surface area (Å²) in [5, 5.41) is 4.78. The maximum absolute atomic E-state index is 12.1.